The third kappa shape index (κ3) is 4.96. The van der Waals surface area contributed by atoms with Crippen molar-refractivity contribution < 1.29 is 9.53 Å². The SMILES string of the molecule is CC(C)(C)OC(=O)N1CCC(CCNc2c(N)c(Cl)nc3ccsc23)CC1. The third-order valence-corrected chi connectivity index (χ3v) is 5.91. The van der Waals surface area contributed by atoms with E-state index < -0.39 is 5.60 Å². The van der Waals surface area contributed by atoms with E-state index >= 15 is 0 Å². The van der Waals surface area contributed by atoms with Crippen LogP contribution in [0.15, 0.2) is 11.4 Å². The number of anilines is 2. The Morgan fingerprint density at radius 3 is 2.81 bits per heavy atom. The zero-order valence-electron chi connectivity index (χ0n) is 16.0. The average molecular weight is 411 g/mol. The lowest BCUT2D eigenvalue weighted by atomic mass is 9.94. The van der Waals surface area contributed by atoms with Crippen molar-refractivity contribution in [3.05, 3.63) is 16.6 Å². The van der Waals surface area contributed by atoms with Gasteiger partial charge in [-0.2, -0.15) is 0 Å². The molecule has 3 rings (SSSR count). The fourth-order valence-corrected chi connectivity index (χ4v) is 4.33. The summed E-state index contributed by atoms with van der Waals surface area (Å²) in [6.07, 6.45) is 2.79. The molecule has 1 aliphatic rings. The lowest BCUT2D eigenvalue weighted by Crippen LogP contribution is -2.41. The van der Waals surface area contributed by atoms with E-state index in [4.69, 9.17) is 22.1 Å². The first-order valence-electron chi connectivity index (χ1n) is 9.28. The monoisotopic (exact) mass is 410 g/mol. The summed E-state index contributed by atoms with van der Waals surface area (Å²) in [5, 5.41) is 5.78. The van der Waals surface area contributed by atoms with Gasteiger partial charge in [-0.15, -0.1) is 11.3 Å². The quantitative estimate of drug-likeness (QED) is 0.694. The molecule has 0 radical (unpaired) electrons. The zero-order chi connectivity index (χ0) is 19.6. The molecule has 0 aliphatic carbocycles. The molecule has 1 saturated heterocycles. The van der Waals surface area contributed by atoms with Gasteiger partial charge >= 0.3 is 6.09 Å². The van der Waals surface area contributed by atoms with Crippen LogP contribution in [0.25, 0.3) is 10.2 Å². The predicted octanol–water partition coefficient (Wildman–Crippen LogP) is 4.98. The van der Waals surface area contributed by atoms with Crippen LogP contribution in [0, 0.1) is 5.92 Å². The maximum atomic E-state index is 12.1. The van der Waals surface area contributed by atoms with E-state index in [0.29, 0.717) is 16.8 Å². The Morgan fingerprint density at radius 2 is 2.15 bits per heavy atom. The number of hydrogen-bond acceptors (Lipinski definition) is 6. The number of halogens is 1. The van der Waals surface area contributed by atoms with Gasteiger partial charge in [0.25, 0.3) is 0 Å². The van der Waals surface area contributed by atoms with Gasteiger partial charge in [0.15, 0.2) is 5.15 Å². The van der Waals surface area contributed by atoms with E-state index in [9.17, 15) is 4.79 Å². The molecule has 27 heavy (non-hydrogen) atoms. The molecular weight excluding hydrogens is 384 g/mol. The maximum absolute atomic E-state index is 12.1. The number of aromatic nitrogens is 1. The van der Waals surface area contributed by atoms with Gasteiger partial charge in [-0.1, -0.05) is 11.6 Å². The predicted molar refractivity (Wildman–Crippen MR) is 113 cm³/mol. The minimum Gasteiger partial charge on any atom is -0.444 e. The highest BCUT2D eigenvalue weighted by Gasteiger charge is 2.26. The van der Waals surface area contributed by atoms with E-state index in [1.165, 1.54) is 0 Å². The van der Waals surface area contributed by atoms with Gasteiger partial charge in [-0.25, -0.2) is 9.78 Å². The molecule has 148 valence electrons. The number of fused-ring (bicyclic) bond motifs is 1. The van der Waals surface area contributed by atoms with Crippen LogP contribution in [-0.2, 0) is 4.74 Å². The van der Waals surface area contributed by atoms with Gasteiger partial charge in [-0.05, 0) is 57.4 Å². The van der Waals surface area contributed by atoms with E-state index in [2.05, 4.69) is 10.3 Å². The molecule has 0 atom stereocenters. The van der Waals surface area contributed by atoms with Crippen molar-refractivity contribution in [3.8, 4) is 0 Å². The van der Waals surface area contributed by atoms with Gasteiger partial charge in [0.2, 0.25) is 0 Å². The molecule has 6 nitrogen and oxygen atoms in total. The van der Waals surface area contributed by atoms with Crippen molar-refractivity contribution in [3.63, 3.8) is 0 Å². The lowest BCUT2D eigenvalue weighted by Gasteiger charge is -2.33. The number of ether oxygens (including phenoxy) is 1. The smallest absolute Gasteiger partial charge is 0.410 e. The number of pyridine rings is 1. The normalized spacial score (nSPS) is 15.9. The molecule has 2 aromatic heterocycles. The molecule has 1 fully saturated rings. The van der Waals surface area contributed by atoms with Crippen molar-refractivity contribution in [2.75, 3.05) is 30.7 Å². The van der Waals surface area contributed by atoms with Crippen LogP contribution in [0.3, 0.4) is 0 Å². The number of nitrogens with two attached hydrogens (primary N) is 1. The fourth-order valence-electron chi connectivity index (χ4n) is 3.28. The largest absolute Gasteiger partial charge is 0.444 e. The Bertz CT molecular complexity index is 810. The van der Waals surface area contributed by atoms with Crippen LogP contribution in [0.2, 0.25) is 5.15 Å². The summed E-state index contributed by atoms with van der Waals surface area (Å²) in [5.74, 6) is 0.577. The number of hydrogen-bond donors (Lipinski definition) is 2. The number of amides is 1. The second-order valence-corrected chi connectivity index (χ2v) is 9.23. The molecule has 0 bridgehead atoms. The maximum Gasteiger partial charge on any atom is 0.410 e. The number of carbonyl (C=O) groups is 1. The molecular formula is C19H27ClN4O2S. The summed E-state index contributed by atoms with van der Waals surface area (Å²) >= 11 is 7.76. The molecule has 1 aliphatic heterocycles. The summed E-state index contributed by atoms with van der Waals surface area (Å²) in [6.45, 7) is 7.99. The Kier molecular flexibility index (Phi) is 6.01. The van der Waals surface area contributed by atoms with Crippen LogP contribution in [-0.4, -0.2) is 41.2 Å². The molecule has 8 heteroatoms. The highest BCUT2D eigenvalue weighted by Crippen LogP contribution is 2.36. The Morgan fingerprint density at radius 1 is 1.44 bits per heavy atom. The van der Waals surface area contributed by atoms with Crippen LogP contribution >= 0.6 is 22.9 Å². The molecule has 3 N–H and O–H groups in total. The highest BCUT2D eigenvalue weighted by molar-refractivity contribution is 7.17. The summed E-state index contributed by atoms with van der Waals surface area (Å²) in [4.78, 5) is 18.3. The number of thiophene rings is 1. The lowest BCUT2D eigenvalue weighted by molar-refractivity contribution is 0.0182. The van der Waals surface area contributed by atoms with Gasteiger partial charge in [0.05, 0.1) is 21.6 Å². The summed E-state index contributed by atoms with van der Waals surface area (Å²) in [7, 11) is 0. The van der Waals surface area contributed by atoms with Gasteiger partial charge < -0.3 is 20.7 Å². The van der Waals surface area contributed by atoms with Gasteiger partial charge in [0.1, 0.15) is 5.60 Å². The third-order valence-electron chi connectivity index (χ3n) is 4.70. The Labute approximate surface area is 169 Å². The molecule has 2 aromatic rings. The van der Waals surface area contributed by atoms with Gasteiger partial charge in [-0.3, -0.25) is 0 Å². The van der Waals surface area contributed by atoms with E-state index in [-0.39, 0.29) is 6.09 Å². The second-order valence-electron chi connectivity index (χ2n) is 7.95. The molecule has 3 heterocycles. The number of rotatable bonds is 4. The second kappa shape index (κ2) is 8.10. The zero-order valence-corrected chi connectivity index (χ0v) is 17.6. The van der Waals surface area contributed by atoms with E-state index in [1.54, 1.807) is 11.3 Å². The van der Waals surface area contributed by atoms with Crippen molar-refractivity contribution in [1.29, 1.82) is 0 Å². The highest BCUT2D eigenvalue weighted by atomic mass is 35.5. The van der Waals surface area contributed by atoms with E-state index in [0.717, 1.165) is 54.8 Å². The van der Waals surface area contributed by atoms with Crippen molar-refractivity contribution >= 4 is 50.6 Å². The van der Waals surface area contributed by atoms with E-state index in [1.807, 2.05) is 37.1 Å². The molecule has 1 amide bonds. The molecule has 0 spiro atoms. The standard InChI is InChI=1S/C19H27ClN4O2S/c1-19(2,3)26-18(25)24-9-5-12(6-10-24)4-8-22-15-14(21)17(20)23-13-7-11-27-16(13)15/h7,11-12H,4-6,8-10,21H2,1-3H3,(H,22,23). The van der Waals surface area contributed by atoms with Gasteiger partial charge in [0, 0.05) is 19.6 Å². The number of nitrogen functional groups attached to an aromatic ring is 1. The number of carbonyl (C=O) groups excluding carboxylic acids is 1. The van der Waals surface area contributed by atoms with Crippen LogP contribution in [0.5, 0.6) is 0 Å². The molecule has 0 aromatic carbocycles. The minimum absolute atomic E-state index is 0.210. The fraction of sp³-hybridized carbons (Fsp3) is 0.579. The van der Waals surface area contributed by atoms with Crippen molar-refractivity contribution in [2.24, 2.45) is 5.92 Å². The number of likely N-dealkylation sites (tertiary alicyclic amines) is 1. The minimum atomic E-state index is -0.448. The first-order chi connectivity index (χ1) is 12.7. The summed E-state index contributed by atoms with van der Waals surface area (Å²) in [5.41, 5.74) is 7.93. The Hall–Kier alpha value is -1.73. The number of nitrogens with one attached hydrogen (secondary N) is 1. The Balaban J connectivity index is 1.50. The van der Waals surface area contributed by atoms with Crippen LogP contribution < -0.4 is 11.1 Å². The van der Waals surface area contributed by atoms with Crippen molar-refractivity contribution in [1.82, 2.24) is 9.88 Å². The number of piperidine rings is 1. The van der Waals surface area contributed by atoms with Crippen molar-refractivity contribution in [2.45, 2.75) is 45.6 Å². The van der Waals surface area contributed by atoms with Crippen LogP contribution in [0.1, 0.15) is 40.0 Å². The number of nitrogens with zero attached hydrogens (tertiary/aromatic N) is 2. The molecule has 0 saturated carbocycles. The molecule has 0 unspecified atom stereocenters. The summed E-state index contributed by atoms with van der Waals surface area (Å²) in [6, 6.07) is 1.95. The average Bonchev–Trinajstić information content (AvgIpc) is 3.05. The summed E-state index contributed by atoms with van der Waals surface area (Å²) < 4.78 is 6.49. The van der Waals surface area contributed by atoms with Crippen LogP contribution in [0.4, 0.5) is 16.2 Å². The topological polar surface area (TPSA) is 80.5 Å². The first kappa shape index (κ1) is 20.0. The first-order valence-corrected chi connectivity index (χ1v) is 10.5.